The van der Waals surface area contributed by atoms with Gasteiger partial charge < -0.3 is 9.84 Å². The first-order chi connectivity index (χ1) is 6.54. The van der Waals surface area contributed by atoms with Gasteiger partial charge in [-0.25, -0.2) is 0 Å². The topological polar surface area (TPSA) is 46.5 Å². The lowest BCUT2D eigenvalue weighted by molar-refractivity contribution is -0.146. The Bertz CT molecular complexity index is 309. The molecular formula is C11H14O3. The van der Waals surface area contributed by atoms with Crippen molar-refractivity contribution in [1.82, 2.24) is 0 Å². The van der Waals surface area contributed by atoms with Crippen molar-refractivity contribution in [2.45, 2.75) is 38.9 Å². The van der Waals surface area contributed by atoms with Crippen molar-refractivity contribution in [3.05, 3.63) is 11.1 Å². The van der Waals surface area contributed by atoms with Crippen molar-refractivity contribution in [1.29, 1.82) is 0 Å². The van der Waals surface area contributed by atoms with Crippen LogP contribution in [0.2, 0.25) is 0 Å². The predicted molar refractivity (Wildman–Crippen MR) is 52.3 cm³/mol. The fourth-order valence-corrected chi connectivity index (χ4v) is 1.61. The largest absolute Gasteiger partial charge is 0.458 e. The summed E-state index contributed by atoms with van der Waals surface area (Å²) in [5.41, 5.74) is 1.63. The van der Waals surface area contributed by atoms with Gasteiger partial charge >= 0.3 is 5.97 Å². The Labute approximate surface area is 83.8 Å². The molecule has 0 unspecified atom stereocenters. The fraction of sp³-hybridized carbons (Fsp3) is 0.545. The van der Waals surface area contributed by atoms with Gasteiger partial charge in [0.1, 0.15) is 6.10 Å². The minimum Gasteiger partial charge on any atom is -0.458 e. The zero-order valence-corrected chi connectivity index (χ0v) is 8.41. The van der Waals surface area contributed by atoms with Crippen LogP contribution in [0.15, 0.2) is 11.1 Å². The van der Waals surface area contributed by atoms with Crippen molar-refractivity contribution >= 4 is 5.97 Å². The van der Waals surface area contributed by atoms with Gasteiger partial charge in [0.15, 0.2) is 0 Å². The van der Waals surface area contributed by atoms with E-state index in [2.05, 4.69) is 5.92 Å². The van der Waals surface area contributed by atoms with Crippen molar-refractivity contribution < 1.29 is 14.6 Å². The molecule has 0 saturated carbocycles. The minimum atomic E-state index is -0.505. The van der Waals surface area contributed by atoms with E-state index in [0.29, 0.717) is 12.8 Å². The lowest BCUT2D eigenvalue weighted by Crippen LogP contribution is -2.29. The maximum atomic E-state index is 10.8. The van der Waals surface area contributed by atoms with Crippen LogP contribution in [-0.4, -0.2) is 23.3 Å². The van der Waals surface area contributed by atoms with E-state index in [-0.39, 0.29) is 12.1 Å². The normalized spacial score (nSPS) is 27.0. The number of hydrogen-bond donors (Lipinski definition) is 1. The fourth-order valence-electron chi connectivity index (χ4n) is 1.61. The zero-order valence-electron chi connectivity index (χ0n) is 8.41. The molecule has 3 heteroatoms. The first kappa shape index (κ1) is 10.8. The molecule has 0 amide bonds. The third-order valence-electron chi connectivity index (χ3n) is 2.37. The van der Waals surface area contributed by atoms with Gasteiger partial charge in [0.2, 0.25) is 0 Å². The quantitative estimate of drug-likeness (QED) is 0.501. The van der Waals surface area contributed by atoms with Crippen LogP contribution in [-0.2, 0) is 9.53 Å². The van der Waals surface area contributed by atoms with Crippen LogP contribution in [0, 0.1) is 12.3 Å². The van der Waals surface area contributed by atoms with Gasteiger partial charge in [0.25, 0.3) is 0 Å². The highest BCUT2D eigenvalue weighted by Crippen LogP contribution is 2.26. The van der Waals surface area contributed by atoms with E-state index in [1.165, 1.54) is 6.92 Å². The van der Waals surface area contributed by atoms with E-state index >= 15 is 0 Å². The van der Waals surface area contributed by atoms with Crippen molar-refractivity contribution in [2.75, 3.05) is 0 Å². The summed E-state index contributed by atoms with van der Waals surface area (Å²) in [5.74, 6) is 2.17. The van der Waals surface area contributed by atoms with Gasteiger partial charge in [-0.05, 0) is 12.5 Å². The lowest BCUT2D eigenvalue weighted by Gasteiger charge is -2.27. The summed E-state index contributed by atoms with van der Waals surface area (Å²) in [5, 5.41) is 9.49. The first-order valence-corrected chi connectivity index (χ1v) is 4.56. The number of rotatable bonds is 1. The van der Waals surface area contributed by atoms with E-state index in [9.17, 15) is 9.90 Å². The Hall–Kier alpha value is -1.27. The SMILES string of the molecule is C#CC1=C(C)[C@H](OC(C)=O)C[C@H](O)C1. The van der Waals surface area contributed by atoms with E-state index in [0.717, 1.165) is 11.1 Å². The molecule has 0 spiro atoms. The van der Waals surface area contributed by atoms with E-state index < -0.39 is 6.10 Å². The highest BCUT2D eigenvalue weighted by Gasteiger charge is 2.26. The Morgan fingerprint density at radius 3 is 2.86 bits per heavy atom. The van der Waals surface area contributed by atoms with E-state index in [4.69, 9.17) is 11.2 Å². The molecule has 1 rings (SSSR count). The molecule has 0 fully saturated rings. The molecular weight excluding hydrogens is 180 g/mol. The molecule has 0 aromatic carbocycles. The molecule has 14 heavy (non-hydrogen) atoms. The molecule has 0 aromatic heterocycles. The van der Waals surface area contributed by atoms with Crippen LogP contribution >= 0.6 is 0 Å². The second-order valence-electron chi connectivity index (χ2n) is 3.50. The number of terminal acetylenes is 1. The third kappa shape index (κ3) is 2.36. The number of esters is 1. The van der Waals surface area contributed by atoms with Gasteiger partial charge in [-0.1, -0.05) is 5.92 Å². The molecule has 0 saturated heterocycles. The van der Waals surface area contributed by atoms with Crippen molar-refractivity contribution in [3.8, 4) is 12.3 Å². The molecule has 3 nitrogen and oxygen atoms in total. The van der Waals surface area contributed by atoms with Gasteiger partial charge in [-0.3, -0.25) is 4.79 Å². The van der Waals surface area contributed by atoms with Crippen LogP contribution in [0.4, 0.5) is 0 Å². The van der Waals surface area contributed by atoms with Crippen molar-refractivity contribution in [3.63, 3.8) is 0 Å². The summed E-state index contributed by atoms with van der Waals surface area (Å²) in [6.45, 7) is 3.19. The minimum absolute atomic E-state index is 0.347. The molecule has 0 bridgehead atoms. The first-order valence-electron chi connectivity index (χ1n) is 4.56. The number of ether oxygens (including phenoxy) is 1. The number of carbonyl (C=O) groups is 1. The Kier molecular flexibility index (Phi) is 3.32. The number of carbonyl (C=O) groups excluding carboxylic acids is 1. The van der Waals surface area contributed by atoms with Gasteiger partial charge in [0.05, 0.1) is 6.10 Å². The second-order valence-corrected chi connectivity index (χ2v) is 3.50. The molecule has 0 aliphatic heterocycles. The maximum Gasteiger partial charge on any atom is 0.303 e. The average Bonchev–Trinajstić information content (AvgIpc) is 2.09. The molecule has 0 radical (unpaired) electrons. The van der Waals surface area contributed by atoms with Crippen LogP contribution < -0.4 is 0 Å². The highest BCUT2D eigenvalue weighted by atomic mass is 16.5. The summed E-state index contributed by atoms with van der Waals surface area (Å²) in [4.78, 5) is 10.8. The summed E-state index contributed by atoms with van der Waals surface area (Å²) in [6.07, 6.45) is 5.35. The second kappa shape index (κ2) is 4.30. The van der Waals surface area contributed by atoms with Crippen LogP contribution in [0.25, 0.3) is 0 Å². The summed E-state index contributed by atoms with van der Waals surface area (Å²) >= 11 is 0. The Morgan fingerprint density at radius 1 is 1.71 bits per heavy atom. The zero-order chi connectivity index (χ0) is 10.7. The van der Waals surface area contributed by atoms with E-state index in [1.807, 2.05) is 6.92 Å². The average molecular weight is 194 g/mol. The van der Waals surface area contributed by atoms with Gasteiger partial charge in [0, 0.05) is 25.3 Å². The Balaban J connectivity index is 2.85. The maximum absolute atomic E-state index is 10.8. The van der Waals surface area contributed by atoms with Gasteiger partial charge in [-0.15, -0.1) is 6.42 Å². The molecule has 76 valence electrons. The number of aliphatic hydroxyl groups is 1. The predicted octanol–water partition coefficient (Wildman–Crippen LogP) is 1.02. The number of aliphatic hydroxyl groups excluding tert-OH is 1. The summed E-state index contributed by atoms with van der Waals surface area (Å²) in [7, 11) is 0. The van der Waals surface area contributed by atoms with Crippen molar-refractivity contribution in [2.24, 2.45) is 0 Å². The molecule has 0 aromatic rings. The van der Waals surface area contributed by atoms with Crippen LogP contribution in [0.1, 0.15) is 26.7 Å². The summed E-state index contributed by atoms with van der Waals surface area (Å²) < 4.78 is 5.05. The van der Waals surface area contributed by atoms with Gasteiger partial charge in [-0.2, -0.15) is 0 Å². The van der Waals surface area contributed by atoms with Crippen LogP contribution in [0.5, 0.6) is 0 Å². The standard InChI is InChI=1S/C11H14O3/c1-4-9-5-10(13)6-11(7(9)2)14-8(3)12/h1,10-11,13H,5-6H2,2-3H3/t10-,11-/m1/s1. The smallest absolute Gasteiger partial charge is 0.303 e. The van der Waals surface area contributed by atoms with Crippen LogP contribution in [0.3, 0.4) is 0 Å². The monoisotopic (exact) mass is 194 g/mol. The summed E-state index contributed by atoms with van der Waals surface area (Å²) in [6, 6.07) is 0. The molecule has 0 heterocycles. The third-order valence-corrected chi connectivity index (χ3v) is 2.37. The Morgan fingerprint density at radius 2 is 2.36 bits per heavy atom. The molecule has 1 aliphatic carbocycles. The number of hydrogen-bond acceptors (Lipinski definition) is 3. The molecule has 1 aliphatic rings. The molecule has 1 N–H and O–H groups in total. The molecule has 2 atom stereocenters. The van der Waals surface area contributed by atoms with E-state index in [1.54, 1.807) is 0 Å². The lowest BCUT2D eigenvalue weighted by atomic mass is 9.89. The highest BCUT2D eigenvalue weighted by molar-refractivity contribution is 5.66.